The predicted molar refractivity (Wildman–Crippen MR) is 100.0 cm³/mol. The molecule has 1 amide bonds. The highest BCUT2D eigenvalue weighted by atomic mass is 19.4. The number of hydrogen-bond donors (Lipinski definition) is 2. The second kappa shape index (κ2) is 8.88. The SMILES string of the molecule is Cc1ccc([C@@H]2NCC(=O)N[C@@H]2COCc2cc(C(F)(F)F)cc(C(F)(F)F)c2)cc1. The van der Waals surface area contributed by atoms with Gasteiger partial charge in [0.1, 0.15) is 0 Å². The van der Waals surface area contributed by atoms with E-state index in [1.165, 1.54) is 0 Å². The van der Waals surface area contributed by atoms with Gasteiger partial charge in [0.05, 0.1) is 43.0 Å². The van der Waals surface area contributed by atoms with Gasteiger partial charge in [-0.25, -0.2) is 0 Å². The number of halogens is 6. The van der Waals surface area contributed by atoms with Crippen LogP contribution in [0.1, 0.15) is 33.9 Å². The van der Waals surface area contributed by atoms with Gasteiger partial charge >= 0.3 is 12.4 Å². The first-order valence-electron chi connectivity index (χ1n) is 9.39. The number of piperazine rings is 1. The van der Waals surface area contributed by atoms with Gasteiger partial charge in [-0.15, -0.1) is 0 Å². The van der Waals surface area contributed by atoms with Crippen LogP contribution in [0.2, 0.25) is 0 Å². The third-order valence-electron chi connectivity index (χ3n) is 4.88. The fourth-order valence-corrected chi connectivity index (χ4v) is 3.35. The molecule has 3 rings (SSSR count). The van der Waals surface area contributed by atoms with Crippen molar-refractivity contribution in [3.63, 3.8) is 0 Å². The molecule has 2 atom stereocenters. The molecule has 10 heteroatoms. The molecular weight excluding hydrogens is 426 g/mol. The maximum atomic E-state index is 13.0. The zero-order chi connectivity index (χ0) is 22.8. The van der Waals surface area contributed by atoms with Crippen LogP contribution in [-0.2, 0) is 28.5 Å². The van der Waals surface area contributed by atoms with E-state index in [1.54, 1.807) is 0 Å². The second-order valence-corrected chi connectivity index (χ2v) is 7.37. The highest BCUT2D eigenvalue weighted by Crippen LogP contribution is 2.36. The Morgan fingerprint density at radius 1 is 0.968 bits per heavy atom. The number of ether oxygens (including phenoxy) is 1. The normalized spacial score (nSPS) is 19.9. The standard InChI is InChI=1S/C21H20F6N2O2/c1-12-2-4-14(5-3-12)19-17(29-18(30)9-28-19)11-31-10-13-6-15(20(22,23)24)8-16(7-13)21(25,26)27/h2-8,17,19,28H,9-11H2,1H3,(H,29,30)/t17-,19+/m1/s1. The van der Waals surface area contributed by atoms with Crippen LogP contribution in [0.15, 0.2) is 42.5 Å². The molecule has 0 spiro atoms. The van der Waals surface area contributed by atoms with Crippen molar-refractivity contribution in [3.05, 3.63) is 70.3 Å². The number of carbonyl (C=O) groups excluding carboxylic acids is 1. The number of carbonyl (C=O) groups is 1. The second-order valence-electron chi connectivity index (χ2n) is 7.37. The minimum atomic E-state index is -4.92. The summed E-state index contributed by atoms with van der Waals surface area (Å²) >= 11 is 0. The Kier molecular flexibility index (Phi) is 6.61. The molecule has 0 saturated carbocycles. The van der Waals surface area contributed by atoms with Crippen molar-refractivity contribution >= 4 is 5.91 Å². The highest BCUT2D eigenvalue weighted by Gasteiger charge is 2.37. The summed E-state index contributed by atoms with van der Waals surface area (Å²) in [6.45, 7) is 1.43. The molecule has 2 N–H and O–H groups in total. The number of benzene rings is 2. The molecule has 31 heavy (non-hydrogen) atoms. The summed E-state index contributed by atoms with van der Waals surface area (Å²) in [5, 5.41) is 5.82. The van der Waals surface area contributed by atoms with Gasteiger partial charge in [0.15, 0.2) is 0 Å². The molecular formula is C21H20F6N2O2. The van der Waals surface area contributed by atoms with Crippen LogP contribution in [0.3, 0.4) is 0 Å². The van der Waals surface area contributed by atoms with Crippen molar-refractivity contribution in [1.82, 2.24) is 10.6 Å². The summed E-state index contributed by atoms with van der Waals surface area (Å²) in [6, 6.07) is 8.01. The molecule has 168 valence electrons. The van der Waals surface area contributed by atoms with Gasteiger partial charge in [0.2, 0.25) is 5.91 Å². The lowest BCUT2D eigenvalue weighted by Gasteiger charge is -2.33. The van der Waals surface area contributed by atoms with E-state index in [0.717, 1.165) is 11.1 Å². The van der Waals surface area contributed by atoms with Crippen molar-refractivity contribution in [2.75, 3.05) is 13.2 Å². The monoisotopic (exact) mass is 446 g/mol. The number of hydrogen-bond acceptors (Lipinski definition) is 3. The summed E-state index contributed by atoms with van der Waals surface area (Å²) in [5.74, 6) is -0.282. The molecule has 4 nitrogen and oxygen atoms in total. The molecule has 2 aromatic rings. The molecule has 2 aromatic carbocycles. The highest BCUT2D eigenvalue weighted by molar-refractivity contribution is 5.79. The van der Waals surface area contributed by atoms with E-state index in [9.17, 15) is 31.1 Å². The van der Waals surface area contributed by atoms with Crippen molar-refractivity contribution < 1.29 is 35.9 Å². The van der Waals surface area contributed by atoms with Crippen LogP contribution in [-0.4, -0.2) is 25.1 Å². The maximum Gasteiger partial charge on any atom is 0.416 e. The zero-order valence-corrected chi connectivity index (χ0v) is 16.4. The van der Waals surface area contributed by atoms with Crippen LogP contribution in [0.4, 0.5) is 26.3 Å². The van der Waals surface area contributed by atoms with Gasteiger partial charge in [0, 0.05) is 0 Å². The van der Waals surface area contributed by atoms with E-state index >= 15 is 0 Å². The summed E-state index contributed by atoms with van der Waals surface area (Å²) in [5.41, 5.74) is -1.14. The fraction of sp³-hybridized carbons (Fsp3) is 0.381. The number of rotatable bonds is 5. The largest absolute Gasteiger partial charge is 0.416 e. The van der Waals surface area contributed by atoms with Crippen molar-refractivity contribution in [3.8, 4) is 0 Å². The third kappa shape index (κ3) is 5.98. The van der Waals surface area contributed by atoms with E-state index in [-0.39, 0.29) is 36.7 Å². The van der Waals surface area contributed by atoms with Gasteiger partial charge < -0.3 is 10.1 Å². The average Bonchev–Trinajstić information content (AvgIpc) is 2.67. The van der Waals surface area contributed by atoms with E-state index in [4.69, 9.17) is 4.74 Å². The Balaban J connectivity index is 1.74. The average molecular weight is 446 g/mol. The molecule has 0 aliphatic carbocycles. The number of alkyl halides is 6. The summed E-state index contributed by atoms with van der Waals surface area (Å²) in [6.07, 6.45) is -9.85. The van der Waals surface area contributed by atoms with E-state index in [1.807, 2.05) is 31.2 Å². The quantitative estimate of drug-likeness (QED) is 0.671. The minimum absolute atomic E-state index is 0.0716. The predicted octanol–water partition coefficient (Wildman–Crippen LogP) is 4.38. The number of amides is 1. The molecule has 0 aromatic heterocycles. The van der Waals surface area contributed by atoms with Gasteiger partial charge in [-0.05, 0) is 36.2 Å². The molecule has 0 unspecified atom stereocenters. The van der Waals surface area contributed by atoms with Gasteiger partial charge in [-0.3, -0.25) is 10.1 Å². The minimum Gasteiger partial charge on any atom is -0.375 e. The molecule has 1 fully saturated rings. The first-order chi connectivity index (χ1) is 14.4. The van der Waals surface area contributed by atoms with Crippen LogP contribution in [0.25, 0.3) is 0 Å². The van der Waals surface area contributed by atoms with Crippen LogP contribution in [0, 0.1) is 6.92 Å². The summed E-state index contributed by atoms with van der Waals surface area (Å²) in [4.78, 5) is 11.8. The Morgan fingerprint density at radius 3 is 2.10 bits per heavy atom. The van der Waals surface area contributed by atoms with E-state index in [2.05, 4.69) is 10.6 Å². The lowest BCUT2D eigenvalue weighted by atomic mass is 9.97. The Labute approximate surface area is 174 Å². The molecule has 1 aliphatic heterocycles. The van der Waals surface area contributed by atoms with Crippen molar-refractivity contribution in [2.45, 2.75) is 38.0 Å². The lowest BCUT2D eigenvalue weighted by Crippen LogP contribution is -2.55. The summed E-state index contributed by atoms with van der Waals surface area (Å²) in [7, 11) is 0. The molecule has 1 heterocycles. The maximum absolute atomic E-state index is 13.0. The topological polar surface area (TPSA) is 50.4 Å². The fourth-order valence-electron chi connectivity index (χ4n) is 3.35. The molecule has 0 radical (unpaired) electrons. The molecule has 1 saturated heterocycles. The van der Waals surface area contributed by atoms with Gasteiger partial charge in [-0.1, -0.05) is 29.8 Å². The van der Waals surface area contributed by atoms with E-state index in [0.29, 0.717) is 12.1 Å². The van der Waals surface area contributed by atoms with Gasteiger partial charge in [0.25, 0.3) is 0 Å². The van der Waals surface area contributed by atoms with Crippen molar-refractivity contribution in [1.29, 1.82) is 0 Å². The Bertz CT molecular complexity index is 893. The zero-order valence-electron chi connectivity index (χ0n) is 16.4. The Hall–Kier alpha value is -2.59. The smallest absolute Gasteiger partial charge is 0.375 e. The van der Waals surface area contributed by atoms with Crippen molar-refractivity contribution in [2.24, 2.45) is 0 Å². The summed E-state index contributed by atoms with van der Waals surface area (Å²) < 4.78 is 83.4. The van der Waals surface area contributed by atoms with Crippen LogP contribution in [0.5, 0.6) is 0 Å². The number of nitrogens with one attached hydrogen (secondary N) is 2. The lowest BCUT2D eigenvalue weighted by molar-refractivity contribution is -0.143. The van der Waals surface area contributed by atoms with Gasteiger partial charge in [-0.2, -0.15) is 26.3 Å². The van der Waals surface area contributed by atoms with Crippen LogP contribution < -0.4 is 10.6 Å². The van der Waals surface area contributed by atoms with E-state index < -0.39 is 36.1 Å². The first-order valence-corrected chi connectivity index (χ1v) is 9.39. The molecule has 0 bridgehead atoms. The van der Waals surface area contributed by atoms with Crippen LogP contribution >= 0.6 is 0 Å². The Morgan fingerprint density at radius 2 is 1.55 bits per heavy atom. The number of aryl methyl sites for hydroxylation is 1. The molecule has 1 aliphatic rings. The first kappa shape index (κ1) is 23.1. The third-order valence-corrected chi connectivity index (χ3v) is 4.88.